The maximum absolute atomic E-state index is 10.4. The highest BCUT2D eigenvalue weighted by atomic mass is 35.5. The summed E-state index contributed by atoms with van der Waals surface area (Å²) in [6, 6.07) is 0. The van der Waals surface area contributed by atoms with E-state index >= 15 is 0 Å². The van der Waals surface area contributed by atoms with E-state index < -0.39 is 6.10 Å². The van der Waals surface area contributed by atoms with Crippen LogP contribution in [-0.4, -0.2) is 14.9 Å². The molecule has 1 aromatic rings. The molecule has 1 heterocycles. The molecule has 3 nitrogen and oxygen atoms in total. The Kier molecular flexibility index (Phi) is 3.55. The average molecular weight is 243 g/mol. The van der Waals surface area contributed by atoms with Gasteiger partial charge in [-0.05, 0) is 31.6 Å². The van der Waals surface area contributed by atoms with Gasteiger partial charge in [-0.15, -0.1) is 0 Å². The molecule has 1 aliphatic carbocycles. The van der Waals surface area contributed by atoms with E-state index in [4.69, 9.17) is 11.6 Å². The first-order valence-corrected chi connectivity index (χ1v) is 6.40. The molecule has 1 N–H and O–H groups in total. The Hall–Kier alpha value is -0.540. The molecule has 0 amide bonds. The van der Waals surface area contributed by atoms with Crippen molar-refractivity contribution in [2.24, 2.45) is 11.8 Å². The molecule has 1 saturated carbocycles. The Morgan fingerprint density at radius 1 is 1.62 bits per heavy atom. The maximum atomic E-state index is 10.4. The number of aliphatic hydroxyl groups excluding tert-OH is 1. The zero-order valence-electron chi connectivity index (χ0n) is 9.86. The Bertz CT molecular complexity index is 364. The van der Waals surface area contributed by atoms with Gasteiger partial charge in [0.15, 0.2) is 0 Å². The van der Waals surface area contributed by atoms with Crippen molar-refractivity contribution in [3.8, 4) is 0 Å². The number of hydrogen-bond acceptors (Lipinski definition) is 2. The van der Waals surface area contributed by atoms with Gasteiger partial charge in [0.05, 0.1) is 23.0 Å². The smallest absolute Gasteiger partial charge is 0.0999 e. The number of aliphatic hydroxyl groups is 1. The van der Waals surface area contributed by atoms with Crippen molar-refractivity contribution in [1.82, 2.24) is 9.78 Å². The molecular formula is C12H19ClN2O. The maximum Gasteiger partial charge on any atom is 0.0999 e. The lowest BCUT2D eigenvalue weighted by Crippen LogP contribution is -2.15. The highest BCUT2D eigenvalue weighted by Crippen LogP contribution is 2.40. The minimum Gasteiger partial charge on any atom is -0.386 e. The van der Waals surface area contributed by atoms with E-state index in [1.165, 1.54) is 6.42 Å². The van der Waals surface area contributed by atoms with Crippen molar-refractivity contribution in [2.75, 3.05) is 0 Å². The minimum atomic E-state index is -0.458. The second-order valence-electron chi connectivity index (χ2n) is 4.82. The predicted octanol–water partition coefficient (Wildman–Crippen LogP) is 3.03. The van der Waals surface area contributed by atoms with E-state index in [-0.39, 0.29) is 0 Å². The van der Waals surface area contributed by atoms with E-state index in [1.807, 2.05) is 6.92 Å². The summed E-state index contributed by atoms with van der Waals surface area (Å²) < 4.78 is 1.80. The van der Waals surface area contributed by atoms with Gasteiger partial charge in [-0.2, -0.15) is 5.10 Å². The van der Waals surface area contributed by atoms with Gasteiger partial charge in [-0.25, -0.2) is 0 Å². The largest absolute Gasteiger partial charge is 0.386 e. The molecule has 0 spiro atoms. The summed E-state index contributed by atoms with van der Waals surface area (Å²) in [6.07, 6.45) is 4.56. The molecule has 4 heteroatoms. The molecule has 1 aliphatic rings. The van der Waals surface area contributed by atoms with Gasteiger partial charge < -0.3 is 5.11 Å². The summed E-state index contributed by atoms with van der Waals surface area (Å²) in [7, 11) is 0. The molecule has 0 aliphatic heterocycles. The summed E-state index contributed by atoms with van der Waals surface area (Å²) in [5.74, 6) is 1.06. The lowest BCUT2D eigenvalue weighted by molar-refractivity contribution is 0.100. The van der Waals surface area contributed by atoms with Crippen molar-refractivity contribution >= 4 is 11.6 Å². The molecule has 1 aromatic heterocycles. The van der Waals surface area contributed by atoms with Crippen LogP contribution in [-0.2, 0) is 6.54 Å². The highest BCUT2D eigenvalue weighted by Gasteiger charge is 2.31. The second-order valence-corrected chi connectivity index (χ2v) is 5.22. The monoisotopic (exact) mass is 242 g/mol. The first-order chi connectivity index (χ1) is 7.63. The third-order valence-corrected chi connectivity index (χ3v) is 3.89. The zero-order chi connectivity index (χ0) is 11.7. The topological polar surface area (TPSA) is 38.0 Å². The third-order valence-electron chi connectivity index (χ3n) is 3.59. The Morgan fingerprint density at radius 3 is 2.94 bits per heavy atom. The molecule has 0 aromatic carbocycles. The fraction of sp³-hybridized carbons (Fsp3) is 0.750. The van der Waals surface area contributed by atoms with Crippen LogP contribution >= 0.6 is 11.6 Å². The van der Waals surface area contributed by atoms with E-state index in [9.17, 15) is 5.11 Å². The highest BCUT2D eigenvalue weighted by molar-refractivity contribution is 6.31. The lowest BCUT2D eigenvalue weighted by atomic mass is 9.97. The van der Waals surface area contributed by atoms with Crippen molar-refractivity contribution in [1.29, 1.82) is 0 Å². The number of rotatable bonds is 3. The molecule has 2 rings (SSSR count). The molecule has 1 fully saturated rings. The number of aromatic nitrogens is 2. The molecule has 3 atom stereocenters. The van der Waals surface area contributed by atoms with E-state index in [0.717, 1.165) is 31.0 Å². The summed E-state index contributed by atoms with van der Waals surface area (Å²) in [4.78, 5) is 0. The number of aryl methyl sites for hydroxylation is 1. The van der Waals surface area contributed by atoms with Crippen LogP contribution < -0.4 is 0 Å². The van der Waals surface area contributed by atoms with Crippen LogP contribution in [0.15, 0.2) is 6.20 Å². The number of halogens is 1. The first kappa shape index (κ1) is 11.9. The molecule has 90 valence electrons. The standard InChI is InChI=1S/C12H19ClN2O/c1-3-15-11(10(13)7-14-15)12(16)9-5-4-8(2)6-9/h7-9,12,16H,3-6H2,1-2H3. The fourth-order valence-corrected chi connectivity index (χ4v) is 2.93. The molecule has 0 saturated heterocycles. The van der Waals surface area contributed by atoms with Gasteiger partial charge in [0.25, 0.3) is 0 Å². The summed E-state index contributed by atoms with van der Waals surface area (Å²) in [6.45, 7) is 5.00. The van der Waals surface area contributed by atoms with Crippen molar-refractivity contribution in [2.45, 2.75) is 45.8 Å². The Balaban J connectivity index is 2.19. The van der Waals surface area contributed by atoms with Gasteiger partial charge in [-0.1, -0.05) is 24.9 Å². The normalized spacial score (nSPS) is 27.2. The Labute approximate surface area is 101 Å². The summed E-state index contributed by atoms with van der Waals surface area (Å²) >= 11 is 6.09. The molecule has 16 heavy (non-hydrogen) atoms. The number of nitrogens with zero attached hydrogens (tertiary/aromatic N) is 2. The van der Waals surface area contributed by atoms with Crippen LogP contribution in [0, 0.1) is 11.8 Å². The lowest BCUT2D eigenvalue weighted by Gasteiger charge is -2.19. The number of hydrogen-bond donors (Lipinski definition) is 1. The first-order valence-electron chi connectivity index (χ1n) is 6.02. The third kappa shape index (κ3) is 2.11. The predicted molar refractivity (Wildman–Crippen MR) is 64.4 cm³/mol. The van der Waals surface area contributed by atoms with Crippen LogP contribution in [0.1, 0.15) is 44.9 Å². The van der Waals surface area contributed by atoms with Crippen molar-refractivity contribution in [3.05, 3.63) is 16.9 Å². The van der Waals surface area contributed by atoms with E-state index in [1.54, 1.807) is 10.9 Å². The summed E-state index contributed by atoms with van der Waals surface area (Å²) in [5.41, 5.74) is 0.795. The molecule has 3 unspecified atom stereocenters. The van der Waals surface area contributed by atoms with Gasteiger partial charge in [0, 0.05) is 6.54 Å². The van der Waals surface area contributed by atoms with Gasteiger partial charge in [-0.3, -0.25) is 4.68 Å². The fourth-order valence-electron chi connectivity index (χ4n) is 2.68. The van der Waals surface area contributed by atoms with Gasteiger partial charge >= 0.3 is 0 Å². The van der Waals surface area contributed by atoms with Crippen molar-refractivity contribution < 1.29 is 5.11 Å². The van der Waals surface area contributed by atoms with Gasteiger partial charge in [0.1, 0.15) is 0 Å². The zero-order valence-corrected chi connectivity index (χ0v) is 10.6. The molecule has 0 bridgehead atoms. The molecular weight excluding hydrogens is 224 g/mol. The summed E-state index contributed by atoms with van der Waals surface area (Å²) in [5, 5.41) is 15.1. The Morgan fingerprint density at radius 2 is 2.38 bits per heavy atom. The quantitative estimate of drug-likeness (QED) is 0.885. The van der Waals surface area contributed by atoms with E-state index in [2.05, 4.69) is 12.0 Å². The second kappa shape index (κ2) is 4.76. The SMILES string of the molecule is CCn1ncc(Cl)c1C(O)C1CCC(C)C1. The molecule has 0 radical (unpaired) electrons. The average Bonchev–Trinajstić information content (AvgIpc) is 2.83. The van der Waals surface area contributed by atoms with Crippen LogP contribution in [0.4, 0.5) is 0 Å². The van der Waals surface area contributed by atoms with Crippen molar-refractivity contribution in [3.63, 3.8) is 0 Å². The van der Waals surface area contributed by atoms with Crippen LogP contribution in [0.2, 0.25) is 5.02 Å². The van der Waals surface area contributed by atoms with Crippen LogP contribution in [0.25, 0.3) is 0 Å². The van der Waals surface area contributed by atoms with E-state index in [0.29, 0.717) is 10.9 Å². The van der Waals surface area contributed by atoms with Crippen LogP contribution in [0.3, 0.4) is 0 Å². The minimum absolute atomic E-state index is 0.342. The van der Waals surface area contributed by atoms with Crippen LogP contribution in [0.5, 0.6) is 0 Å². The van der Waals surface area contributed by atoms with Gasteiger partial charge in [0.2, 0.25) is 0 Å².